The predicted octanol–water partition coefficient (Wildman–Crippen LogP) is 3.06. The van der Waals surface area contributed by atoms with E-state index in [1.165, 1.54) is 36.8 Å². The fourth-order valence-electron chi connectivity index (χ4n) is 3.59. The summed E-state index contributed by atoms with van der Waals surface area (Å²) in [5.41, 5.74) is 9.45. The van der Waals surface area contributed by atoms with E-state index in [-0.39, 0.29) is 6.04 Å². The van der Waals surface area contributed by atoms with Crippen LogP contribution >= 0.6 is 0 Å². The zero-order valence-electron chi connectivity index (χ0n) is 13.1. The Morgan fingerprint density at radius 2 is 2.00 bits per heavy atom. The number of methoxy groups -OCH3 is 1. The summed E-state index contributed by atoms with van der Waals surface area (Å²) in [6.07, 6.45) is 6.32. The first-order valence-electron chi connectivity index (χ1n) is 8.38. The van der Waals surface area contributed by atoms with Gasteiger partial charge in [-0.25, -0.2) is 0 Å². The van der Waals surface area contributed by atoms with Crippen LogP contribution < -0.4 is 5.73 Å². The average Bonchev–Trinajstić information content (AvgIpc) is 3.33. The molecule has 2 aliphatic rings. The Morgan fingerprint density at radius 1 is 1.19 bits per heavy atom. The van der Waals surface area contributed by atoms with E-state index in [2.05, 4.69) is 29.2 Å². The van der Waals surface area contributed by atoms with Crippen molar-refractivity contribution in [3.8, 4) is 0 Å². The van der Waals surface area contributed by atoms with Crippen LogP contribution in [0.1, 0.15) is 55.2 Å². The summed E-state index contributed by atoms with van der Waals surface area (Å²) in [5, 5.41) is 0. The molecule has 1 saturated heterocycles. The van der Waals surface area contributed by atoms with Crippen molar-refractivity contribution in [2.24, 2.45) is 5.73 Å². The zero-order chi connectivity index (χ0) is 14.7. The molecule has 116 valence electrons. The zero-order valence-corrected chi connectivity index (χ0v) is 13.1. The monoisotopic (exact) mass is 288 g/mol. The smallest absolute Gasteiger partial charge is 0.0589 e. The molecule has 3 heteroatoms. The standard InChI is InChI=1S/C18H28N2O/c1-21-12-11-20-10-3-2-7-17(19)18(20)16-6-4-5-15(13-16)14-8-9-14/h4-6,13-14,17-18H,2-3,7-12,19H2,1H3. The van der Waals surface area contributed by atoms with Gasteiger partial charge in [-0.2, -0.15) is 0 Å². The highest BCUT2D eigenvalue weighted by atomic mass is 16.5. The Balaban J connectivity index is 1.84. The second-order valence-electron chi connectivity index (χ2n) is 6.58. The van der Waals surface area contributed by atoms with Crippen LogP contribution in [-0.2, 0) is 4.74 Å². The van der Waals surface area contributed by atoms with Gasteiger partial charge < -0.3 is 10.5 Å². The van der Waals surface area contributed by atoms with Crippen molar-refractivity contribution >= 4 is 0 Å². The highest BCUT2D eigenvalue weighted by Gasteiger charge is 2.30. The Labute approximate surface area is 128 Å². The highest BCUT2D eigenvalue weighted by molar-refractivity contribution is 5.32. The van der Waals surface area contributed by atoms with E-state index in [1.807, 2.05) is 0 Å². The lowest BCUT2D eigenvalue weighted by atomic mass is 9.94. The van der Waals surface area contributed by atoms with Gasteiger partial charge >= 0.3 is 0 Å². The molecular formula is C18H28N2O. The average molecular weight is 288 g/mol. The SMILES string of the molecule is COCCN1CCCCC(N)C1c1cccc(C2CC2)c1. The molecule has 0 radical (unpaired) electrons. The van der Waals surface area contributed by atoms with Crippen LogP contribution in [0.4, 0.5) is 0 Å². The van der Waals surface area contributed by atoms with Crippen molar-refractivity contribution in [1.82, 2.24) is 4.90 Å². The Hall–Kier alpha value is -0.900. The van der Waals surface area contributed by atoms with E-state index in [0.717, 1.165) is 32.0 Å². The van der Waals surface area contributed by atoms with Crippen LogP contribution in [-0.4, -0.2) is 37.7 Å². The predicted molar refractivity (Wildman–Crippen MR) is 86.4 cm³/mol. The van der Waals surface area contributed by atoms with Gasteiger partial charge in [0.1, 0.15) is 0 Å². The van der Waals surface area contributed by atoms with Crippen molar-refractivity contribution in [2.45, 2.75) is 50.1 Å². The summed E-state index contributed by atoms with van der Waals surface area (Å²) >= 11 is 0. The molecule has 2 atom stereocenters. The molecule has 3 rings (SSSR count). The number of hydrogen-bond donors (Lipinski definition) is 1. The van der Waals surface area contributed by atoms with E-state index in [0.29, 0.717) is 6.04 Å². The minimum absolute atomic E-state index is 0.235. The van der Waals surface area contributed by atoms with E-state index in [4.69, 9.17) is 10.5 Å². The molecule has 1 aliphatic carbocycles. The van der Waals surface area contributed by atoms with Crippen LogP contribution in [0, 0.1) is 0 Å². The molecule has 0 amide bonds. The van der Waals surface area contributed by atoms with Gasteiger partial charge in [0.05, 0.1) is 6.61 Å². The van der Waals surface area contributed by atoms with Gasteiger partial charge in [-0.05, 0) is 49.3 Å². The largest absolute Gasteiger partial charge is 0.383 e. The van der Waals surface area contributed by atoms with E-state index in [9.17, 15) is 0 Å². The second kappa shape index (κ2) is 6.91. The fraction of sp³-hybridized carbons (Fsp3) is 0.667. The minimum Gasteiger partial charge on any atom is -0.383 e. The Morgan fingerprint density at radius 3 is 2.76 bits per heavy atom. The maximum Gasteiger partial charge on any atom is 0.0589 e. The molecule has 2 N–H and O–H groups in total. The highest BCUT2D eigenvalue weighted by Crippen LogP contribution is 2.41. The third kappa shape index (κ3) is 3.65. The lowest BCUT2D eigenvalue weighted by molar-refractivity contribution is 0.115. The van der Waals surface area contributed by atoms with Gasteiger partial charge in [-0.3, -0.25) is 4.90 Å². The van der Waals surface area contributed by atoms with Crippen LogP contribution in [0.25, 0.3) is 0 Å². The van der Waals surface area contributed by atoms with Gasteiger partial charge in [-0.1, -0.05) is 30.7 Å². The third-order valence-corrected chi connectivity index (χ3v) is 4.92. The Bertz CT molecular complexity index is 458. The lowest BCUT2D eigenvalue weighted by Gasteiger charge is -2.34. The molecule has 3 nitrogen and oxygen atoms in total. The first kappa shape index (κ1) is 15.0. The third-order valence-electron chi connectivity index (χ3n) is 4.92. The molecular weight excluding hydrogens is 260 g/mol. The topological polar surface area (TPSA) is 38.5 Å². The van der Waals surface area contributed by atoms with Crippen molar-refractivity contribution < 1.29 is 4.74 Å². The van der Waals surface area contributed by atoms with E-state index < -0.39 is 0 Å². The molecule has 1 aliphatic heterocycles. The number of nitrogens with zero attached hydrogens (tertiary/aromatic N) is 1. The molecule has 0 bridgehead atoms. The van der Waals surface area contributed by atoms with Gasteiger partial charge in [0.2, 0.25) is 0 Å². The molecule has 21 heavy (non-hydrogen) atoms. The maximum atomic E-state index is 6.53. The maximum absolute atomic E-state index is 6.53. The van der Waals surface area contributed by atoms with Crippen LogP contribution in [0.3, 0.4) is 0 Å². The van der Waals surface area contributed by atoms with Crippen molar-refractivity contribution in [3.63, 3.8) is 0 Å². The van der Waals surface area contributed by atoms with Crippen LogP contribution in [0.5, 0.6) is 0 Å². The summed E-state index contributed by atoms with van der Waals surface area (Å²) in [5.74, 6) is 0.805. The van der Waals surface area contributed by atoms with E-state index in [1.54, 1.807) is 7.11 Å². The summed E-state index contributed by atoms with van der Waals surface area (Å²) in [6, 6.07) is 9.76. The molecule has 0 spiro atoms. The summed E-state index contributed by atoms with van der Waals surface area (Å²) in [6.45, 7) is 2.89. The van der Waals surface area contributed by atoms with E-state index >= 15 is 0 Å². The van der Waals surface area contributed by atoms with Gasteiger partial charge in [-0.15, -0.1) is 0 Å². The van der Waals surface area contributed by atoms with Gasteiger partial charge in [0, 0.05) is 25.7 Å². The number of likely N-dealkylation sites (tertiary alicyclic amines) is 1. The first-order chi connectivity index (χ1) is 10.3. The molecule has 1 aromatic rings. The summed E-state index contributed by atoms with van der Waals surface area (Å²) < 4.78 is 5.29. The van der Waals surface area contributed by atoms with Crippen molar-refractivity contribution in [3.05, 3.63) is 35.4 Å². The molecule has 1 aromatic carbocycles. The van der Waals surface area contributed by atoms with Crippen LogP contribution in [0.15, 0.2) is 24.3 Å². The normalized spacial score (nSPS) is 27.5. The number of ether oxygens (including phenoxy) is 1. The Kier molecular flexibility index (Phi) is 4.94. The summed E-state index contributed by atoms with van der Waals surface area (Å²) in [4.78, 5) is 2.53. The fourth-order valence-corrected chi connectivity index (χ4v) is 3.59. The quantitative estimate of drug-likeness (QED) is 0.905. The number of hydrogen-bond acceptors (Lipinski definition) is 3. The van der Waals surface area contributed by atoms with Crippen LogP contribution in [0.2, 0.25) is 0 Å². The van der Waals surface area contributed by atoms with Gasteiger partial charge in [0.15, 0.2) is 0 Å². The van der Waals surface area contributed by atoms with Crippen molar-refractivity contribution in [2.75, 3.05) is 26.8 Å². The van der Waals surface area contributed by atoms with Crippen molar-refractivity contribution in [1.29, 1.82) is 0 Å². The minimum atomic E-state index is 0.235. The molecule has 1 heterocycles. The molecule has 2 fully saturated rings. The second-order valence-corrected chi connectivity index (χ2v) is 6.58. The first-order valence-corrected chi connectivity index (χ1v) is 8.38. The lowest BCUT2D eigenvalue weighted by Crippen LogP contribution is -2.41. The van der Waals surface area contributed by atoms with Gasteiger partial charge in [0.25, 0.3) is 0 Å². The number of benzene rings is 1. The number of nitrogens with two attached hydrogens (primary N) is 1. The molecule has 0 aromatic heterocycles. The summed E-state index contributed by atoms with van der Waals surface area (Å²) in [7, 11) is 1.78. The molecule has 2 unspecified atom stereocenters. The number of rotatable bonds is 5. The molecule has 1 saturated carbocycles.